The quantitative estimate of drug-likeness (QED) is 0.503. The van der Waals surface area contributed by atoms with Crippen molar-refractivity contribution in [3.05, 3.63) is 35.4 Å². The average Bonchev–Trinajstić information content (AvgIpc) is 2.09. The first kappa shape index (κ1) is 8.44. The van der Waals surface area contributed by atoms with E-state index in [4.69, 9.17) is 6.42 Å². The summed E-state index contributed by atoms with van der Waals surface area (Å²) in [6, 6.07) is 8.08. The standard InChI is InChI=1S/C12H10/c1-3-4-5-6-12-9-7-11(2)8-10-12/h1,7-10H,4H2,2H3. The molecule has 0 fully saturated rings. The van der Waals surface area contributed by atoms with Gasteiger partial charge in [-0.3, -0.25) is 0 Å². The molecule has 0 nitrogen and oxygen atoms in total. The summed E-state index contributed by atoms with van der Waals surface area (Å²) >= 11 is 0. The van der Waals surface area contributed by atoms with Crippen LogP contribution >= 0.6 is 0 Å². The predicted molar refractivity (Wildman–Crippen MR) is 51.5 cm³/mol. The summed E-state index contributed by atoms with van der Waals surface area (Å²) in [4.78, 5) is 0. The molecular formula is C12H10. The highest BCUT2D eigenvalue weighted by Gasteiger charge is 1.84. The smallest absolute Gasteiger partial charge is 0.0703 e. The molecule has 0 amide bonds. The Morgan fingerprint density at radius 3 is 2.50 bits per heavy atom. The second-order valence-electron chi connectivity index (χ2n) is 2.55. The average molecular weight is 154 g/mol. The molecular weight excluding hydrogens is 144 g/mol. The lowest BCUT2D eigenvalue weighted by Crippen LogP contribution is -1.74. The maximum Gasteiger partial charge on any atom is 0.0703 e. The lowest BCUT2D eigenvalue weighted by atomic mass is 10.1. The van der Waals surface area contributed by atoms with Gasteiger partial charge in [0.1, 0.15) is 0 Å². The first-order valence-corrected chi connectivity index (χ1v) is 3.82. The Labute approximate surface area is 73.6 Å². The fourth-order valence-corrected chi connectivity index (χ4v) is 0.834. The van der Waals surface area contributed by atoms with E-state index in [-0.39, 0.29) is 0 Å². The Morgan fingerprint density at radius 2 is 1.92 bits per heavy atom. The lowest BCUT2D eigenvalue weighted by molar-refractivity contribution is 1.46. The number of aryl methyl sites for hydroxylation is 1. The van der Waals surface area contributed by atoms with Crippen LogP contribution in [0, 0.1) is 31.1 Å². The Morgan fingerprint density at radius 1 is 1.25 bits per heavy atom. The van der Waals surface area contributed by atoms with E-state index in [9.17, 15) is 0 Å². The molecule has 0 unspecified atom stereocenters. The van der Waals surface area contributed by atoms with Gasteiger partial charge in [-0.25, -0.2) is 0 Å². The second-order valence-corrected chi connectivity index (χ2v) is 2.55. The van der Waals surface area contributed by atoms with Gasteiger partial charge < -0.3 is 0 Å². The minimum Gasteiger partial charge on any atom is -0.119 e. The molecule has 0 saturated carbocycles. The molecule has 0 atom stereocenters. The summed E-state index contributed by atoms with van der Waals surface area (Å²) < 4.78 is 0. The summed E-state index contributed by atoms with van der Waals surface area (Å²) in [7, 11) is 0. The van der Waals surface area contributed by atoms with Crippen LogP contribution in [0.2, 0.25) is 0 Å². The van der Waals surface area contributed by atoms with Crippen LogP contribution in [0.5, 0.6) is 0 Å². The number of rotatable bonds is 0. The van der Waals surface area contributed by atoms with Gasteiger partial charge in [0.15, 0.2) is 0 Å². The maximum absolute atomic E-state index is 5.06. The first-order chi connectivity index (χ1) is 5.83. The number of terminal acetylenes is 1. The number of hydrogen-bond acceptors (Lipinski definition) is 0. The van der Waals surface area contributed by atoms with Gasteiger partial charge in [0.25, 0.3) is 0 Å². The molecule has 0 aliphatic heterocycles. The molecule has 12 heavy (non-hydrogen) atoms. The molecule has 0 spiro atoms. The van der Waals surface area contributed by atoms with Crippen LogP contribution in [-0.2, 0) is 0 Å². The van der Waals surface area contributed by atoms with Crippen LogP contribution in [0.15, 0.2) is 24.3 Å². The largest absolute Gasteiger partial charge is 0.119 e. The van der Waals surface area contributed by atoms with Gasteiger partial charge in [-0.05, 0) is 19.1 Å². The third-order valence-electron chi connectivity index (χ3n) is 1.47. The van der Waals surface area contributed by atoms with E-state index in [0.717, 1.165) is 5.56 Å². The zero-order valence-electron chi connectivity index (χ0n) is 7.09. The molecule has 0 heteroatoms. The molecule has 0 heterocycles. The van der Waals surface area contributed by atoms with Gasteiger partial charge in [0, 0.05) is 5.56 Å². The van der Waals surface area contributed by atoms with Gasteiger partial charge in [-0.15, -0.1) is 6.42 Å². The summed E-state index contributed by atoms with van der Waals surface area (Å²) in [5, 5.41) is 0. The lowest BCUT2D eigenvalue weighted by Gasteiger charge is -1.90. The minimum absolute atomic E-state index is 0.522. The molecule has 0 saturated heterocycles. The first-order valence-electron chi connectivity index (χ1n) is 3.82. The van der Waals surface area contributed by atoms with Crippen molar-refractivity contribution in [2.45, 2.75) is 13.3 Å². The molecule has 0 aliphatic rings. The van der Waals surface area contributed by atoms with Gasteiger partial charge in [-0.1, -0.05) is 35.5 Å². The van der Waals surface area contributed by atoms with E-state index in [1.54, 1.807) is 0 Å². The van der Waals surface area contributed by atoms with Crippen molar-refractivity contribution in [2.24, 2.45) is 0 Å². The number of hydrogen-bond donors (Lipinski definition) is 0. The van der Waals surface area contributed by atoms with E-state index in [1.165, 1.54) is 5.56 Å². The van der Waals surface area contributed by atoms with Crippen molar-refractivity contribution in [1.82, 2.24) is 0 Å². The molecule has 58 valence electrons. The van der Waals surface area contributed by atoms with Crippen molar-refractivity contribution < 1.29 is 0 Å². The van der Waals surface area contributed by atoms with E-state index < -0.39 is 0 Å². The molecule has 0 N–H and O–H groups in total. The van der Waals surface area contributed by atoms with Crippen LogP contribution in [0.4, 0.5) is 0 Å². The van der Waals surface area contributed by atoms with Crippen molar-refractivity contribution in [3.63, 3.8) is 0 Å². The molecule has 0 aromatic heterocycles. The monoisotopic (exact) mass is 154 g/mol. The van der Waals surface area contributed by atoms with Crippen LogP contribution < -0.4 is 0 Å². The Bertz CT molecular complexity index is 338. The zero-order valence-corrected chi connectivity index (χ0v) is 7.09. The third-order valence-corrected chi connectivity index (χ3v) is 1.47. The zero-order chi connectivity index (χ0) is 8.81. The van der Waals surface area contributed by atoms with Gasteiger partial charge in [-0.2, -0.15) is 0 Å². The fourth-order valence-electron chi connectivity index (χ4n) is 0.834. The van der Waals surface area contributed by atoms with Crippen LogP contribution in [0.3, 0.4) is 0 Å². The molecule has 0 bridgehead atoms. The summed E-state index contributed by atoms with van der Waals surface area (Å²) in [6.45, 7) is 2.05. The topological polar surface area (TPSA) is 0 Å². The van der Waals surface area contributed by atoms with Crippen LogP contribution in [-0.4, -0.2) is 0 Å². The summed E-state index contributed by atoms with van der Waals surface area (Å²) in [5.74, 6) is 8.34. The summed E-state index contributed by atoms with van der Waals surface area (Å²) in [5.41, 5.74) is 2.27. The molecule has 1 aromatic rings. The highest BCUT2D eigenvalue weighted by molar-refractivity contribution is 5.36. The van der Waals surface area contributed by atoms with E-state index >= 15 is 0 Å². The SMILES string of the molecule is C#CCC#Cc1ccc(C)cc1. The molecule has 0 aliphatic carbocycles. The minimum atomic E-state index is 0.522. The van der Waals surface area contributed by atoms with E-state index in [0.29, 0.717) is 6.42 Å². The molecule has 1 aromatic carbocycles. The van der Waals surface area contributed by atoms with Crippen LogP contribution in [0.1, 0.15) is 17.5 Å². The third kappa shape index (κ3) is 2.52. The Hall–Kier alpha value is -1.66. The normalized spacial score (nSPS) is 8.00. The fraction of sp³-hybridized carbons (Fsp3) is 0.167. The summed E-state index contributed by atoms with van der Waals surface area (Å²) in [6.07, 6.45) is 5.59. The van der Waals surface area contributed by atoms with Crippen molar-refractivity contribution in [1.29, 1.82) is 0 Å². The Kier molecular flexibility index (Phi) is 3.00. The predicted octanol–water partition coefficient (Wildman–Crippen LogP) is 2.37. The van der Waals surface area contributed by atoms with E-state index in [2.05, 4.69) is 24.7 Å². The highest BCUT2D eigenvalue weighted by Crippen LogP contribution is 2.00. The van der Waals surface area contributed by atoms with Crippen molar-refractivity contribution >= 4 is 0 Å². The van der Waals surface area contributed by atoms with Crippen molar-refractivity contribution in [3.8, 4) is 24.2 Å². The van der Waals surface area contributed by atoms with Gasteiger partial charge >= 0.3 is 0 Å². The van der Waals surface area contributed by atoms with Gasteiger partial charge in [0.05, 0.1) is 6.42 Å². The Balaban J connectivity index is 2.74. The maximum atomic E-state index is 5.06. The van der Waals surface area contributed by atoms with Crippen LogP contribution in [0.25, 0.3) is 0 Å². The van der Waals surface area contributed by atoms with Crippen molar-refractivity contribution in [2.75, 3.05) is 0 Å². The highest BCUT2D eigenvalue weighted by atomic mass is 13.9. The van der Waals surface area contributed by atoms with E-state index in [1.807, 2.05) is 24.3 Å². The molecule has 0 radical (unpaired) electrons. The second kappa shape index (κ2) is 4.27. The number of benzene rings is 1. The van der Waals surface area contributed by atoms with Gasteiger partial charge in [0.2, 0.25) is 0 Å². The molecule has 1 rings (SSSR count).